The number of aryl methyl sites for hydroxylation is 1. The summed E-state index contributed by atoms with van der Waals surface area (Å²) in [7, 11) is 0. The fourth-order valence-electron chi connectivity index (χ4n) is 4.07. The van der Waals surface area contributed by atoms with E-state index in [1.54, 1.807) is 5.06 Å². The highest BCUT2D eigenvalue weighted by Crippen LogP contribution is 2.34. The molecule has 0 aromatic heterocycles. The number of hydroxylamine groups is 2. The first kappa shape index (κ1) is 23.4. The molecule has 0 amide bonds. The molecule has 0 radical (unpaired) electrons. The van der Waals surface area contributed by atoms with Crippen LogP contribution in [0.2, 0.25) is 0 Å². The highest BCUT2D eigenvalue weighted by Gasteiger charge is 2.22. The number of amidine groups is 1. The van der Waals surface area contributed by atoms with Gasteiger partial charge >= 0.3 is 6.02 Å². The van der Waals surface area contributed by atoms with Gasteiger partial charge in [-0.3, -0.25) is 4.84 Å². The predicted molar refractivity (Wildman–Crippen MR) is 147 cm³/mol. The minimum atomic E-state index is 0.350. The maximum Gasteiger partial charge on any atom is 0.322 e. The van der Waals surface area contributed by atoms with Gasteiger partial charge in [0.25, 0.3) is 0 Å². The number of aliphatic imine (C=N–C) groups is 1. The van der Waals surface area contributed by atoms with Crippen molar-refractivity contribution >= 4 is 34.8 Å². The van der Waals surface area contributed by atoms with E-state index in [-0.39, 0.29) is 0 Å². The Morgan fingerprint density at radius 3 is 1.97 bits per heavy atom. The second kappa shape index (κ2) is 10.9. The second-order valence-electron chi connectivity index (χ2n) is 8.46. The van der Waals surface area contributed by atoms with Crippen LogP contribution in [0.25, 0.3) is 6.08 Å². The van der Waals surface area contributed by atoms with Gasteiger partial charge in [-0.05, 0) is 73.5 Å². The fourth-order valence-corrected chi connectivity index (χ4v) is 4.07. The standard InChI is InChI=1S/C31H29N3O2/c1-3-33-31(32-30-17-11-10-12-24(30)2)36-29(23-35-33)22-25-18-20-28(21-19-25)34(26-13-6-4-7-14-26)27-15-8-5-9-16-27/h4-22H,3,23H2,1-2H3/b29-22+,32-31?. The van der Waals surface area contributed by atoms with E-state index in [2.05, 4.69) is 77.7 Å². The molecule has 0 bridgehead atoms. The Bertz CT molecular complexity index is 1310. The van der Waals surface area contributed by atoms with E-state index in [1.165, 1.54) is 0 Å². The Balaban J connectivity index is 1.41. The minimum absolute atomic E-state index is 0.350. The van der Waals surface area contributed by atoms with Crippen molar-refractivity contribution in [2.24, 2.45) is 4.99 Å². The maximum absolute atomic E-state index is 6.17. The van der Waals surface area contributed by atoms with Crippen molar-refractivity contribution in [1.82, 2.24) is 5.06 Å². The highest BCUT2D eigenvalue weighted by atomic mass is 16.7. The summed E-state index contributed by atoms with van der Waals surface area (Å²) in [6.45, 7) is 5.03. The van der Waals surface area contributed by atoms with Gasteiger partial charge < -0.3 is 9.64 Å². The topological polar surface area (TPSA) is 37.3 Å². The van der Waals surface area contributed by atoms with Crippen LogP contribution in [-0.2, 0) is 9.57 Å². The van der Waals surface area contributed by atoms with Crippen molar-refractivity contribution < 1.29 is 9.57 Å². The molecule has 180 valence electrons. The first-order valence-corrected chi connectivity index (χ1v) is 12.1. The number of rotatable bonds is 6. The highest BCUT2D eigenvalue weighted by molar-refractivity contribution is 5.80. The van der Waals surface area contributed by atoms with Crippen molar-refractivity contribution in [3.63, 3.8) is 0 Å². The molecule has 1 fully saturated rings. The van der Waals surface area contributed by atoms with E-state index in [9.17, 15) is 0 Å². The van der Waals surface area contributed by atoms with Gasteiger partial charge in [-0.1, -0.05) is 66.7 Å². The number of benzene rings is 4. The van der Waals surface area contributed by atoms with Crippen LogP contribution in [-0.4, -0.2) is 24.2 Å². The first-order valence-electron chi connectivity index (χ1n) is 12.1. The Morgan fingerprint density at radius 1 is 0.778 bits per heavy atom. The molecule has 36 heavy (non-hydrogen) atoms. The van der Waals surface area contributed by atoms with Crippen LogP contribution in [0.4, 0.5) is 22.7 Å². The van der Waals surface area contributed by atoms with E-state index in [0.29, 0.717) is 24.9 Å². The summed E-state index contributed by atoms with van der Waals surface area (Å²) in [4.78, 5) is 12.9. The second-order valence-corrected chi connectivity index (χ2v) is 8.46. The number of para-hydroxylation sites is 3. The average molecular weight is 476 g/mol. The third kappa shape index (κ3) is 5.32. The van der Waals surface area contributed by atoms with Crippen molar-refractivity contribution in [2.45, 2.75) is 13.8 Å². The lowest BCUT2D eigenvalue weighted by molar-refractivity contribution is -0.130. The number of nitrogens with zero attached hydrogens (tertiary/aromatic N) is 3. The molecule has 0 unspecified atom stereocenters. The maximum atomic E-state index is 6.17. The normalized spacial score (nSPS) is 15.7. The van der Waals surface area contributed by atoms with Gasteiger partial charge in [-0.2, -0.15) is 4.99 Å². The van der Waals surface area contributed by atoms with Crippen LogP contribution in [0.1, 0.15) is 18.1 Å². The number of ether oxygens (including phenoxy) is 1. The van der Waals surface area contributed by atoms with Crippen molar-refractivity contribution in [3.05, 3.63) is 126 Å². The summed E-state index contributed by atoms with van der Waals surface area (Å²) in [5.74, 6) is 0.711. The quantitative estimate of drug-likeness (QED) is 0.285. The van der Waals surface area contributed by atoms with Crippen LogP contribution in [0.3, 0.4) is 0 Å². The number of hydrogen-bond acceptors (Lipinski definition) is 4. The Labute approximate surface area is 212 Å². The van der Waals surface area contributed by atoms with Gasteiger partial charge in [-0.15, -0.1) is 0 Å². The summed E-state index contributed by atoms with van der Waals surface area (Å²) in [5.41, 5.74) is 6.26. The van der Waals surface area contributed by atoms with Gasteiger partial charge in [0.15, 0.2) is 0 Å². The van der Waals surface area contributed by atoms with Crippen molar-refractivity contribution in [2.75, 3.05) is 18.1 Å². The Hall–Kier alpha value is -4.35. The largest absolute Gasteiger partial charge is 0.426 e. The van der Waals surface area contributed by atoms with E-state index in [4.69, 9.17) is 14.6 Å². The molecular weight excluding hydrogens is 446 g/mol. The van der Waals surface area contributed by atoms with Crippen molar-refractivity contribution in [1.29, 1.82) is 0 Å². The minimum Gasteiger partial charge on any atom is -0.426 e. The van der Waals surface area contributed by atoms with Crippen LogP contribution in [0.15, 0.2) is 120 Å². The Morgan fingerprint density at radius 2 is 1.36 bits per heavy atom. The number of hydrogen-bond donors (Lipinski definition) is 0. The predicted octanol–water partition coefficient (Wildman–Crippen LogP) is 7.78. The zero-order valence-corrected chi connectivity index (χ0v) is 20.5. The first-order chi connectivity index (χ1) is 17.7. The van der Waals surface area contributed by atoms with Gasteiger partial charge in [0.2, 0.25) is 0 Å². The van der Waals surface area contributed by atoms with Gasteiger partial charge in [0, 0.05) is 23.6 Å². The lowest BCUT2D eigenvalue weighted by Gasteiger charge is -2.29. The molecule has 5 rings (SSSR count). The SMILES string of the molecule is CCN1OC/C(=C\c2ccc(N(c3ccccc3)c3ccccc3)cc2)OC1=Nc1ccccc1C. The summed E-state index contributed by atoms with van der Waals surface area (Å²) >= 11 is 0. The molecule has 1 heterocycles. The zero-order chi connectivity index (χ0) is 24.7. The molecule has 0 aliphatic carbocycles. The molecule has 0 N–H and O–H groups in total. The van der Waals surface area contributed by atoms with E-state index in [0.717, 1.165) is 33.9 Å². The van der Waals surface area contributed by atoms with Crippen LogP contribution in [0.5, 0.6) is 0 Å². The fraction of sp³-hybridized carbons (Fsp3) is 0.129. The lowest BCUT2D eigenvalue weighted by atomic mass is 10.1. The van der Waals surface area contributed by atoms with Crippen LogP contribution < -0.4 is 4.90 Å². The molecular formula is C31H29N3O2. The molecule has 0 atom stereocenters. The molecule has 4 aromatic rings. The molecule has 4 aromatic carbocycles. The summed E-state index contributed by atoms with van der Waals surface area (Å²) in [6, 6.07) is 37.6. The summed E-state index contributed by atoms with van der Waals surface area (Å²) in [5, 5.41) is 1.68. The van der Waals surface area contributed by atoms with Crippen LogP contribution >= 0.6 is 0 Å². The summed E-state index contributed by atoms with van der Waals surface area (Å²) < 4.78 is 6.17. The summed E-state index contributed by atoms with van der Waals surface area (Å²) in [6.07, 6.45) is 2.00. The molecule has 5 nitrogen and oxygen atoms in total. The third-order valence-corrected chi connectivity index (χ3v) is 5.92. The zero-order valence-electron chi connectivity index (χ0n) is 20.5. The smallest absolute Gasteiger partial charge is 0.322 e. The third-order valence-electron chi connectivity index (χ3n) is 5.92. The monoisotopic (exact) mass is 475 g/mol. The molecule has 1 aliphatic heterocycles. The van der Waals surface area contributed by atoms with Gasteiger partial charge in [-0.25, -0.2) is 5.06 Å². The molecule has 1 aliphatic rings. The van der Waals surface area contributed by atoms with E-state index >= 15 is 0 Å². The molecule has 0 saturated carbocycles. The molecule has 1 saturated heterocycles. The van der Waals surface area contributed by atoms with Gasteiger partial charge in [0.05, 0.1) is 5.69 Å². The lowest BCUT2D eigenvalue weighted by Crippen LogP contribution is -2.38. The molecule has 0 spiro atoms. The average Bonchev–Trinajstić information content (AvgIpc) is 2.93. The molecule has 5 heteroatoms. The Kier molecular flexibility index (Phi) is 7.10. The van der Waals surface area contributed by atoms with E-state index < -0.39 is 0 Å². The van der Waals surface area contributed by atoms with Crippen molar-refractivity contribution in [3.8, 4) is 0 Å². The van der Waals surface area contributed by atoms with E-state index in [1.807, 2.05) is 56.3 Å². The van der Waals surface area contributed by atoms with Crippen LogP contribution in [0, 0.1) is 6.92 Å². The van der Waals surface area contributed by atoms with Gasteiger partial charge in [0.1, 0.15) is 12.4 Å². The number of anilines is 3.